The highest BCUT2D eigenvalue weighted by Gasteiger charge is 2.40. The molecule has 3 rings (SSSR count). The molecule has 0 saturated carbocycles. The summed E-state index contributed by atoms with van der Waals surface area (Å²) < 4.78 is 10.9. The summed E-state index contributed by atoms with van der Waals surface area (Å²) in [6.45, 7) is 5.57. The highest BCUT2D eigenvalue weighted by atomic mass is 35.5. The van der Waals surface area contributed by atoms with Gasteiger partial charge in [0.1, 0.15) is 5.75 Å². The number of rotatable bonds is 8. The summed E-state index contributed by atoms with van der Waals surface area (Å²) in [5.74, 6) is -3.66. The van der Waals surface area contributed by atoms with Gasteiger partial charge in [0.2, 0.25) is 0 Å². The van der Waals surface area contributed by atoms with Gasteiger partial charge in [-0.2, -0.15) is 0 Å². The lowest BCUT2D eigenvalue weighted by molar-refractivity contribution is -0.159. The molecule has 0 aromatic heterocycles. The summed E-state index contributed by atoms with van der Waals surface area (Å²) >= 11 is 7.79. The third-order valence-corrected chi connectivity index (χ3v) is 7.07. The van der Waals surface area contributed by atoms with Gasteiger partial charge < -0.3 is 29.5 Å². The van der Waals surface area contributed by atoms with Crippen LogP contribution in [-0.2, 0) is 23.9 Å². The second-order valence-corrected chi connectivity index (χ2v) is 9.98. The summed E-state index contributed by atoms with van der Waals surface area (Å²) in [7, 11) is 3.64. The highest BCUT2D eigenvalue weighted by Crippen LogP contribution is 2.47. The minimum atomic E-state index is -1.82. The lowest BCUT2D eigenvalue weighted by Crippen LogP contribution is -2.45. The summed E-state index contributed by atoms with van der Waals surface area (Å²) in [5, 5.41) is 14.9. The van der Waals surface area contributed by atoms with Gasteiger partial charge in [0.15, 0.2) is 6.10 Å². The molecule has 1 amide bonds. The molecule has 0 spiro atoms. The van der Waals surface area contributed by atoms with E-state index in [0.717, 1.165) is 29.1 Å². The fourth-order valence-electron chi connectivity index (χ4n) is 3.73. The molecule has 0 saturated heterocycles. The lowest BCUT2D eigenvalue weighted by atomic mass is 10.1. The van der Waals surface area contributed by atoms with E-state index >= 15 is 0 Å². The minimum absolute atomic E-state index is 0.237. The predicted molar refractivity (Wildman–Crippen MR) is 144 cm³/mol. The van der Waals surface area contributed by atoms with Crippen LogP contribution in [0.15, 0.2) is 47.4 Å². The van der Waals surface area contributed by atoms with Crippen molar-refractivity contribution in [2.75, 3.05) is 38.7 Å². The van der Waals surface area contributed by atoms with E-state index in [4.69, 9.17) is 40.9 Å². The first kappa shape index (κ1) is 30.9. The minimum Gasteiger partial charge on any atom is -0.497 e. The first-order chi connectivity index (χ1) is 18.0. The van der Waals surface area contributed by atoms with Crippen LogP contribution in [0.25, 0.3) is 0 Å². The number of carboxylic acids is 2. The van der Waals surface area contributed by atoms with Crippen molar-refractivity contribution in [1.29, 1.82) is 0 Å². The molecule has 1 aliphatic rings. The zero-order valence-electron chi connectivity index (χ0n) is 21.5. The van der Waals surface area contributed by atoms with Gasteiger partial charge >= 0.3 is 17.9 Å². The van der Waals surface area contributed by atoms with Crippen LogP contribution in [-0.4, -0.2) is 78.8 Å². The van der Waals surface area contributed by atoms with Gasteiger partial charge in [-0.05, 0) is 55.9 Å². The van der Waals surface area contributed by atoms with Crippen LogP contribution >= 0.6 is 23.4 Å². The van der Waals surface area contributed by atoms with Crippen molar-refractivity contribution >= 4 is 52.9 Å². The zero-order chi connectivity index (χ0) is 28.4. The van der Waals surface area contributed by atoms with E-state index in [9.17, 15) is 9.59 Å². The second-order valence-electron chi connectivity index (χ2n) is 8.36. The summed E-state index contributed by atoms with van der Waals surface area (Å²) in [4.78, 5) is 48.7. The molecular weight excluding hydrogens is 536 g/mol. The van der Waals surface area contributed by atoms with Crippen molar-refractivity contribution in [1.82, 2.24) is 4.90 Å². The van der Waals surface area contributed by atoms with Crippen LogP contribution in [0.3, 0.4) is 0 Å². The normalized spacial score (nSPS) is 16.6. The molecule has 38 heavy (non-hydrogen) atoms. The first-order valence-electron chi connectivity index (χ1n) is 11.7. The fourth-order valence-corrected chi connectivity index (χ4v) is 5.32. The Labute approximate surface area is 230 Å². The maximum atomic E-state index is 13.8. The van der Waals surface area contributed by atoms with E-state index in [2.05, 4.69) is 11.8 Å². The van der Waals surface area contributed by atoms with Crippen molar-refractivity contribution < 1.29 is 38.9 Å². The van der Waals surface area contributed by atoms with Gasteiger partial charge in [0, 0.05) is 29.9 Å². The number of carboxylic acid groups (broad SMARTS) is 2. The summed E-state index contributed by atoms with van der Waals surface area (Å²) in [6, 6.07) is 13.0. The van der Waals surface area contributed by atoms with Crippen molar-refractivity contribution in [2.24, 2.45) is 0 Å². The molecule has 2 unspecified atom stereocenters. The highest BCUT2D eigenvalue weighted by molar-refractivity contribution is 7.99. The van der Waals surface area contributed by atoms with Gasteiger partial charge in [-0.25, -0.2) is 9.59 Å². The number of benzene rings is 2. The molecule has 0 fully saturated rings. The van der Waals surface area contributed by atoms with Crippen LogP contribution in [0.5, 0.6) is 5.75 Å². The molecule has 2 N–H and O–H groups in total. The van der Waals surface area contributed by atoms with E-state index < -0.39 is 29.3 Å². The van der Waals surface area contributed by atoms with Crippen LogP contribution in [0.2, 0.25) is 5.02 Å². The van der Waals surface area contributed by atoms with E-state index in [-0.39, 0.29) is 5.91 Å². The molecule has 0 radical (unpaired) electrons. The van der Waals surface area contributed by atoms with Crippen LogP contribution in [0.1, 0.15) is 31.1 Å². The molecule has 10 nitrogen and oxygen atoms in total. The van der Waals surface area contributed by atoms with Crippen LogP contribution < -0.4 is 9.64 Å². The number of anilines is 1. The Morgan fingerprint density at radius 3 is 2.24 bits per heavy atom. The van der Waals surface area contributed by atoms with Crippen LogP contribution in [0, 0.1) is 0 Å². The molecule has 1 heterocycles. The van der Waals surface area contributed by atoms with Gasteiger partial charge in [-0.15, -0.1) is 11.8 Å². The quantitative estimate of drug-likeness (QED) is 0.357. The van der Waals surface area contributed by atoms with E-state index in [0.29, 0.717) is 23.9 Å². The number of fused-ring (bicyclic) bond motifs is 1. The number of halogens is 1. The first-order valence-corrected chi connectivity index (χ1v) is 13.0. The topological polar surface area (TPSA) is 134 Å². The van der Waals surface area contributed by atoms with Crippen LogP contribution in [0.4, 0.5) is 5.69 Å². The summed E-state index contributed by atoms with van der Waals surface area (Å²) in [6.07, 6.45) is 0.0656. The van der Waals surface area contributed by atoms with Gasteiger partial charge in [0.25, 0.3) is 5.91 Å². The maximum absolute atomic E-state index is 13.8. The molecule has 2 aromatic rings. The van der Waals surface area contributed by atoms with E-state index in [1.807, 2.05) is 43.4 Å². The average Bonchev–Trinajstić information content (AvgIpc) is 2.97. The molecular formula is C26H31ClN2O8S. The van der Waals surface area contributed by atoms with E-state index in [1.54, 1.807) is 18.1 Å². The number of likely N-dealkylation sites (N-methyl/N-ethyl adjacent to an activating group) is 1. The zero-order valence-corrected chi connectivity index (χ0v) is 23.1. The number of hydrogen-bond donors (Lipinski definition) is 2. The van der Waals surface area contributed by atoms with Gasteiger partial charge in [-0.3, -0.25) is 9.59 Å². The fraction of sp³-hybridized carbons (Fsp3) is 0.385. The number of amides is 1. The number of carbonyl (C=O) groups is 4. The molecule has 206 valence electrons. The Kier molecular flexibility index (Phi) is 11.9. The molecule has 0 bridgehead atoms. The van der Waals surface area contributed by atoms with Crippen molar-refractivity contribution in [3.8, 4) is 5.75 Å². The second kappa shape index (κ2) is 14.6. The Bertz CT molecular complexity index is 1130. The molecule has 2 atom stereocenters. The number of methoxy groups -OCH3 is 1. The number of nitrogens with zero attached hydrogens (tertiary/aromatic N) is 2. The lowest BCUT2D eigenvalue weighted by Gasteiger charge is -2.29. The third kappa shape index (κ3) is 8.64. The molecule has 0 aliphatic carbocycles. The standard InChI is InChI=1S/C24H29ClN2O4S.C2H2O4/c1-5-12-26(3)13-14-27-20-11-8-18(25)15-21(20)32-23(22(24(27)29)31-16(2)28)17-6-9-19(30-4)10-7-17;3-1(4)2(5)6/h6-11,15,22-23H,5,12-14H2,1-4H3;(H,3,4)(H,5,6). The number of thioether (sulfide) groups is 1. The molecule has 2 aromatic carbocycles. The number of carbonyl (C=O) groups excluding carboxylic acids is 2. The van der Waals surface area contributed by atoms with Crippen molar-refractivity contribution in [3.05, 3.63) is 53.1 Å². The van der Waals surface area contributed by atoms with Crippen molar-refractivity contribution in [3.63, 3.8) is 0 Å². The SMILES string of the molecule is CCCN(C)CCN1C(=O)C(OC(C)=O)C(c2ccc(OC)cc2)Sc2cc(Cl)ccc21.O=C(O)C(=O)O. The molecule has 1 aliphatic heterocycles. The number of esters is 1. The largest absolute Gasteiger partial charge is 0.497 e. The van der Waals surface area contributed by atoms with Gasteiger partial charge in [-0.1, -0.05) is 30.7 Å². The Morgan fingerprint density at radius 1 is 1.08 bits per heavy atom. The average molecular weight is 567 g/mol. The number of ether oxygens (including phenoxy) is 2. The van der Waals surface area contributed by atoms with Gasteiger partial charge in [0.05, 0.1) is 18.0 Å². The smallest absolute Gasteiger partial charge is 0.414 e. The monoisotopic (exact) mass is 566 g/mol. The van der Waals surface area contributed by atoms with E-state index in [1.165, 1.54) is 18.7 Å². The Balaban J connectivity index is 0.000000757. The van der Waals surface area contributed by atoms with Crippen molar-refractivity contribution in [2.45, 2.75) is 36.5 Å². The third-order valence-electron chi connectivity index (χ3n) is 5.48. The maximum Gasteiger partial charge on any atom is 0.414 e. The number of aliphatic carboxylic acids is 2. The Hall–Kier alpha value is -3.28. The Morgan fingerprint density at radius 2 is 1.71 bits per heavy atom. The predicted octanol–water partition coefficient (Wildman–Crippen LogP) is 3.96. The molecule has 12 heteroatoms. The number of hydrogen-bond acceptors (Lipinski definition) is 8. The summed E-state index contributed by atoms with van der Waals surface area (Å²) in [5.41, 5.74) is 1.65.